The summed E-state index contributed by atoms with van der Waals surface area (Å²) >= 11 is 0. The van der Waals surface area contributed by atoms with Crippen molar-refractivity contribution in [2.75, 3.05) is 6.61 Å². The smallest absolute Gasteiger partial charge is 0.302 e. The predicted octanol–water partition coefficient (Wildman–Crippen LogP) is 5.87. The van der Waals surface area contributed by atoms with Crippen molar-refractivity contribution in [1.82, 2.24) is 0 Å². The highest BCUT2D eigenvalue weighted by Gasteiger charge is 2.73. The zero-order chi connectivity index (χ0) is 24.8. The van der Waals surface area contributed by atoms with Gasteiger partial charge in [0.1, 0.15) is 6.10 Å². The molecule has 198 valence electrons. The number of fused-ring (bicyclic) bond motifs is 6. The van der Waals surface area contributed by atoms with E-state index in [0.29, 0.717) is 35.5 Å². The van der Waals surface area contributed by atoms with Crippen molar-refractivity contribution in [3.63, 3.8) is 0 Å². The van der Waals surface area contributed by atoms with Gasteiger partial charge in [0.2, 0.25) is 0 Å². The molecule has 12 atom stereocenters. The Hall–Kier alpha value is -0.650. The Morgan fingerprint density at radius 1 is 0.971 bits per heavy atom. The van der Waals surface area contributed by atoms with Crippen LogP contribution in [0.4, 0.5) is 0 Å². The number of ether oxygens (including phenoxy) is 3. The second-order valence-corrected chi connectivity index (χ2v) is 14.2. The SMILES string of the molecule is CC(=O)O[C@@H]1CC[C@]2(C)C3C[C@H](O)[C@@]4(C)C(CCC45C[C@H](C)C4(CCC(C)CO4)O5)C3CC[C@@H]2C1. The fourth-order valence-corrected chi connectivity index (χ4v) is 10.6. The summed E-state index contributed by atoms with van der Waals surface area (Å²) in [7, 11) is 0. The van der Waals surface area contributed by atoms with E-state index in [1.807, 2.05) is 0 Å². The van der Waals surface area contributed by atoms with Crippen LogP contribution in [0.3, 0.4) is 0 Å². The lowest BCUT2D eigenvalue weighted by Gasteiger charge is -2.63. The maximum Gasteiger partial charge on any atom is 0.302 e. The van der Waals surface area contributed by atoms with Gasteiger partial charge in [-0.05, 0) is 99.2 Å². The normalized spacial score (nSPS) is 57.5. The Bertz CT molecular complexity index is 850. The van der Waals surface area contributed by atoms with E-state index < -0.39 is 5.79 Å². The third-order valence-corrected chi connectivity index (χ3v) is 12.7. The lowest BCUT2D eigenvalue weighted by molar-refractivity contribution is -0.314. The van der Waals surface area contributed by atoms with Crippen LogP contribution in [0.25, 0.3) is 0 Å². The van der Waals surface area contributed by atoms with Crippen molar-refractivity contribution in [2.45, 2.75) is 129 Å². The van der Waals surface area contributed by atoms with Crippen LogP contribution < -0.4 is 0 Å². The van der Waals surface area contributed by atoms with Gasteiger partial charge >= 0.3 is 5.97 Å². The molecule has 2 spiro atoms. The quantitative estimate of drug-likeness (QED) is 0.468. The van der Waals surface area contributed by atoms with E-state index in [0.717, 1.165) is 51.6 Å². The summed E-state index contributed by atoms with van der Waals surface area (Å²) in [5.41, 5.74) is -0.214. The Morgan fingerprint density at radius 2 is 1.77 bits per heavy atom. The van der Waals surface area contributed by atoms with Crippen molar-refractivity contribution in [1.29, 1.82) is 0 Å². The lowest BCUT2D eigenvalue weighted by atomic mass is 9.43. The van der Waals surface area contributed by atoms with Gasteiger partial charge in [-0.1, -0.05) is 27.7 Å². The van der Waals surface area contributed by atoms with Gasteiger partial charge in [-0.3, -0.25) is 4.79 Å². The molecule has 1 N–H and O–H groups in total. The molecule has 6 fully saturated rings. The molecule has 4 aliphatic carbocycles. The number of rotatable bonds is 1. The zero-order valence-electron chi connectivity index (χ0n) is 22.7. The number of carbonyl (C=O) groups is 1. The van der Waals surface area contributed by atoms with E-state index in [4.69, 9.17) is 14.2 Å². The first kappa shape index (κ1) is 24.7. The topological polar surface area (TPSA) is 65.0 Å². The number of esters is 1. The molecule has 2 heterocycles. The van der Waals surface area contributed by atoms with E-state index in [-0.39, 0.29) is 34.6 Å². The Morgan fingerprint density at radius 3 is 2.49 bits per heavy atom. The zero-order valence-corrected chi connectivity index (χ0v) is 22.7. The molecule has 0 amide bonds. The summed E-state index contributed by atoms with van der Waals surface area (Å²) < 4.78 is 19.3. The standard InChI is InChI=1S/C30H48O5/c1-18-8-13-30(33-17-18)19(2)16-29(35-30)12-10-24-23-7-6-21-14-22(34-20(3)31)9-11-27(21,4)25(23)15-26(32)28(24,29)5/h18-19,21-26,32H,6-17H2,1-5H3/t18?,19-,21+,22+,23?,24?,25?,26-,27-,28+,29?,30?/m0/s1. The minimum absolute atomic E-state index is 0.0819. The molecule has 0 aromatic rings. The molecule has 0 bridgehead atoms. The molecule has 4 saturated carbocycles. The number of aliphatic hydroxyl groups excluding tert-OH is 1. The van der Waals surface area contributed by atoms with Gasteiger partial charge in [0.15, 0.2) is 5.79 Å². The summed E-state index contributed by atoms with van der Waals surface area (Å²) in [6.07, 6.45) is 11.6. The molecule has 6 unspecified atom stereocenters. The van der Waals surface area contributed by atoms with Gasteiger partial charge in [0.25, 0.3) is 0 Å². The molecule has 0 radical (unpaired) electrons. The monoisotopic (exact) mass is 488 g/mol. The van der Waals surface area contributed by atoms with Crippen LogP contribution in [0.5, 0.6) is 0 Å². The molecule has 0 aromatic carbocycles. The highest BCUT2D eigenvalue weighted by atomic mass is 16.7. The second-order valence-electron chi connectivity index (χ2n) is 14.2. The Labute approximate surface area is 212 Å². The van der Waals surface area contributed by atoms with Crippen LogP contribution in [0.1, 0.15) is 105 Å². The molecule has 35 heavy (non-hydrogen) atoms. The lowest BCUT2D eigenvalue weighted by Crippen LogP contribution is -2.62. The maximum absolute atomic E-state index is 12.0. The second kappa shape index (κ2) is 8.17. The van der Waals surface area contributed by atoms with Crippen LogP contribution in [0, 0.1) is 46.3 Å². The van der Waals surface area contributed by atoms with Crippen LogP contribution in [-0.4, -0.2) is 41.3 Å². The minimum atomic E-state index is -0.445. The van der Waals surface area contributed by atoms with E-state index in [1.54, 1.807) is 0 Å². The van der Waals surface area contributed by atoms with Crippen LogP contribution in [-0.2, 0) is 19.0 Å². The first-order valence-corrected chi connectivity index (χ1v) is 14.7. The largest absolute Gasteiger partial charge is 0.463 e. The summed E-state index contributed by atoms with van der Waals surface area (Å²) in [5, 5.41) is 12.0. The van der Waals surface area contributed by atoms with Crippen molar-refractivity contribution in [2.24, 2.45) is 46.3 Å². The van der Waals surface area contributed by atoms with Crippen LogP contribution in [0.15, 0.2) is 0 Å². The highest BCUT2D eigenvalue weighted by Crippen LogP contribution is 2.72. The van der Waals surface area contributed by atoms with E-state index in [2.05, 4.69) is 27.7 Å². The van der Waals surface area contributed by atoms with Crippen LogP contribution in [0.2, 0.25) is 0 Å². The van der Waals surface area contributed by atoms with E-state index >= 15 is 0 Å². The van der Waals surface area contributed by atoms with Gasteiger partial charge in [0.05, 0.1) is 18.3 Å². The Kier molecular flexibility index (Phi) is 5.76. The first-order chi connectivity index (χ1) is 16.5. The molecule has 0 aromatic heterocycles. The van der Waals surface area contributed by atoms with Gasteiger partial charge in [-0.25, -0.2) is 0 Å². The minimum Gasteiger partial charge on any atom is -0.463 e. The molecule has 2 aliphatic heterocycles. The Balaban J connectivity index is 1.26. The number of carbonyl (C=O) groups excluding carboxylic acids is 1. The maximum atomic E-state index is 12.0. The average Bonchev–Trinajstić information content (AvgIpc) is 3.25. The molecule has 6 aliphatic rings. The average molecular weight is 489 g/mol. The number of hydrogen-bond acceptors (Lipinski definition) is 5. The summed E-state index contributed by atoms with van der Waals surface area (Å²) in [4.78, 5) is 11.6. The van der Waals surface area contributed by atoms with Crippen molar-refractivity contribution in [3.8, 4) is 0 Å². The first-order valence-electron chi connectivity index (χ1n) is 14.7. The third-order valence-electron chi connectivity index (χ3n) is 12.7. The fraction of sp³-hybridized carbons (Fsp3) is 0.967. The number of hydrogen-bond donors (Lipinski definition) is 1. The summed E-state index contributed by atoms with van der Waals surface area (Å²) in [5.74, 6) is 2.72. The number of aliphatic hydroxyl groups is 1. The van der Waals surface area contributed by atoms with Gasteiger partial charge in [-0.2, -0.15) is 0 Å². The molecule has 6 rings (SSSR count). The van der Waals surface area contributed by atoms with Crippen LogP contribution >= 0.6 is 0 Å². The summed E-state index contributed by atoms with van der Waals surface area (Å²) in [6, 6.07) is 0. The van der Waals surface area contributed by atoms with E-state index in [9.17, 15) is 9.90 Å². The van der Waals surface area contributed by atoms with Crippen molar-refractivity contribution < 1.29 is 24.1 Å². The van der Waals surface area contributed by atoms with Crippen molar-refractivity contribution in [3.05, 3.63) is 0 Å². The highest BCUT2D eigenvalue weighted by molar-refractivity contribution is 5.66. The van der Waals surface area contributed by atoms with Gasteiger partial charge in [-0.15, -0.1) is 0 Å². The molecular formula is C30H48O5. The third kappa shape index (κ3) is 3.39. The van der Waals surface area contributed by atoms with Gasteiger partial charge < -0.3 is 19.3 Å². The molecular weight excluding hydrogens is 440 g/mol. The van der Waals surface area contributed by atoms with Gasteiger partial charge in [0, 0.05) is 24.7 Å². The molecule has 2 saturated heterocycles. The molecule has 5 heteroatoms. The predicted molar refractivity (Wildman–Crippen MR) is 133 cm³/mol. The molecule has 5 nitrogen and oxygen atoms in total. The van der Waals surface area contributed by atoms with Crippen molar-refractivity contribution >= 4 is 5.97 Å². The fourth-order valence-electron chi connectivity index (χ4n) is 10.6. The van der Waals surface area contributed by atoms with E-state index in [1.165, 1.54) is 32.6 Å². The summed E-state index contributed by atoms with van der Waals surface area (Å²) in [6.45, 7) is 11.8.